The smallest absolute Gasteiger partial charge is 0.198 e. The Morgan fingerprint density at radius 1 is 1.17 bits per heavy atom. The molecule has 118 valence electrons. The highest BCUT2D eigenvalue weighted by molar-refractivity contribution is 5.86. The molecule has 2 atom stereocenters. The number of aromatic amines is 1. The summed E-state index contributed by atoms with van der Waals surface area (Å²) in [5.74, 6) is 0.667. The Morgan fingerprint density at radius 3 is 2.83 bits per heavy atom. The van der Waals surface area contributed by atoms with Gasteiger partial charge in [0.25, 0.3) is 0 Å². The molecular weight excluding hydrogens is 288 g/mol. The fraction of sp³-hybridized carbons (Fsp3) is 0.353. The maximum atomic E-state index is 4.28. The van der Waals surface area contributed by atoms with Gasteiger partial charge in [-0.2, -0.15) is 5.21 Å². The molecule has 0 radical (unpaired) electrons. The molecule has 0 amide bonds. The normalized spacial score (nSPS) is 20.7. The number of rotatable bonds is 4. The summed E-state index contributed by atoms with van der Waals surface area (Å²) in [6.07, 6.45) is 1.10. The molecule has 0 unspecified atom stereocenters. The molecule has 4 rings (SSSR count). The van der Waals surface area contributed by atoms with Gasteiger partial charge in [-0.25, -0.2) is 0 Å². The van der Waals surface area contributed by atoms with E-state index in [1.54, 1.807) is 0 Å². The van der Waals surface area contributed by atoms with Gasteiger partial charge in [0.15, 0.2) is 5.82 Å². The Kier molecular flexibility index (Phi) is 3.55. The minimum absolute atomic E-state index is 0.387. The zero-order chi connectivity index (χ0) is 15.7. The predicted molar refractivity (Wildman–Crippen MR) is 89.0 cm³/mol. The number of nitrogens with one attached hydrogen (secondary N) is 3. The summed E-state index contributed by atoms with van der Waals surface area (Å²) in [5.41, 5.74) is 0.675. The molecule has 2 heterocycles. The summed E-state index contributed by atoms with van der Waals surface area (Å²) in [6.45, 7) is 4.13. The molecule has 1 aromatic heterocycles. The lowest BCUT2D eigenvalue weighted by atomic mass is 9.86. The molecule has 0 spiro atoms. The minimum Gasteiger partial charge on any atom is -0.315 e. The molecule has 23 heavy (non-hydrogen) atoms. The van der Waals surface area contributed by atoms with E-state index in [-0.39, 0.29) is 0 Å². The number of aromatic nitrogens is 4. The monoisotopic (exact) mass is 308 g/mol. The van der Waals surface area contributed by atoms with E-state index in [1.807, 2.05) is 0 Å². The van der Waals surface area contributed by atoms with Gasteiger partial charge in [-0.3, -0.25) is 5.32 Å². The summed E-state index contributed by atoms with van der Waals surface area (Å²) < 4.78 is 0. The molecular formula is C17H20N6. The van der Waals surface area contributed by atoms with Crippen LogP contribution in [0.5, 0.6) is 0 Å². The van der Waals surface area contributed by atoms with Crippen LogP contribution in [0.1, 0.15) is 24.7 Å². The lowest BCUT2D eigenvalue weighted by molar-refractivity contribution is 0.364. The minimum atomic E-state index is -0.495. The van der Waals surface area contributed by atoms with Crippen molar-refractivity contribution in [1.29, 1.82) is 0 Å². The van der Waals surface area contributed by atoms with Crippen LogP contribution in [0, 0.1) is 0 Å². The zero-order valence-electron chi connectivity index (χ0n) is 13.1. The van der Waals surface area contributed by atoms with E-state index in [9.17, 15) is 0 Å². The van der Waals surface area contributed by atoms with Gasteiger partial charge in [0.2, 0.25) is 0 Å². The fourth-order valence-corrected chi connectivity index (χ4v) is 3.48. The van der Waals surface area contributed by atoms with Gasteiger partial charge >= 0.3 is 0 Å². The molecule has 1 fully saturated rings. The topological polar surface area (TPSA) is 78.5 Å². The first-order valence-corrected chi connectivity index (χ1v) is 7.98. The van der Waals surface area contributed by atoms with Gasteiger partial charge in [0.1, 0.15) is 5.54 Å². The highest BCUT2D eigenvalue weighted by Gasteiger charge is 2.37. The number of fused-ring (bicyclic) bond motifs is 1. The van der Waals surface area contributed by atoms with E-state index < -0.39 is 5.54 Å². The first-order valence-electron chi connectivity index (χ1n) is 7.98. The fourth-order valence-electron chi connectivity index (χ4n) is 3.48. The van der Waals surface area contributed by atoms with Crippen molar-refractivity contribution in [2.45, 2.75) is 24.9 Å². The van der Waals surface area contributed by atoms with Gasteiger partial charge in [0.05, 0.1) is 0 Å². The van der Waals surface area contributed by atoms with E-state index in [1.165, 1.54) is 16.3 Å². The number of benzene rings is 2. The molecule has 6 nitrogen and oxygen atoms in total. The van der Waals surface area contributed by atoms with Crippen molar-refractivity contribution in [3.63, 3.8) is 0 Å². The first-order chi connectivity index (χ1) is 11.3. The number of H-pyrrole nitrogens is 1. The van der Waals surface area contributed by atoms with Gasteiger partial charge < -0.3 is 5.32 Å². The van der Waals surface area contributed by atoms with Gasteiger partial charge in [-0.15, -0.1) is 10.2 Å². The Labute approximate surface area is 134 Å². The molecule has 6 heteroatoms. The van der Waals surface area contributed by atoms with Crippen LogP contribution < -0.4 is 10.6 Å². The molecule has 0 bridgehead atoms. The van der Waals surface area contributed by atoms with E-state index in [4.69, 9.17) is 0 Å². The third-order valence-electron chi connectivity index (χ3n) is 4.67. The lowest BCUT2D eigenvalue weighted by Gasteiger charge is -2.32. The van der Waals surface area contributed by atoms with Crippen molar-refractivity contribution in [3.8, 4) is 0 Å². The van der Waals surface area contributed by atoms with Crippen LogP contribution in [0.25, 0.3) is 10.8 Å². The van der Waals surface area contributed by atoms with Crippen LogP contribution in [-0.2, 0) is 5.54 Å². The van der Waals surface area contributed by atoms with E-state index in [0.29, 0.717) is 11.9 Å². The maximum absolute atomic E-state index is 4.28. The average molecular weight is 308 g/mol. The van der Waals surface area contributed by atoms with E-state index >= 15 is 0 Å². The average Bonchev–Trinajstić information content (AvgIpc) is 3.28. The van der Waals surface area contributed by atoms with Crippen molar-refractivity contribution in [2.75, 3.05) is 13.1 Å². The highest BCUT2D eigenvalue weighted by atomic mass is 15.5. The summed E-state index contributed by atoms with van der Waals surface area (Å²) in [7, 11) is 0. The summed E-state index contributed by atoms with van der Waals surface area (Å²) in [6, 6.07) is 15.2. The molecule has 0 saturated carbocycles. The SMILES string of the molecule is C[C@](N[C@H]1CCNC1)(c1nn[nH]n1)c1cccc2ccccc12. The van der Waals surface area contributed by atoms with Crippen LogP contribution in [0.3, 0.4) is 0 Å². The third kappa shape index (κ3) is 2.50. The van der Waals surface area contributed by atoms with Crippen LogP contribution in [0.4, 0.5) is 0 Å². The largest absolute Gasteiger partial charge is 0.315 e. The Bertz CT molecular complexity index is 788. The Hall–Kier alpha value is -2.31. The molecule has 3 aromatic rings. The predicted octanol–water partition coefficient (Wildman–Crippen LogP) is 1.57. The standard InChI is InChI=1S/C17H20N6/c1-17(16-20-22-23-21-16,19-13-9-10-18-11-13)15-8-4-6-12-5-2-3-7-14(12)15/h2-8,13,18-19H,9-11H2,1H3,(H,20,21,22,23)/t13-,17+/m0/s1. The molecule has 0 aliphatic carbocycles. The molecule has 1 aliphatic rings. The van der Waals surface area contributed by atoms with Crippen LogP contribution in [-0.4, -0.2) is 39.8 Å². The second-order valence-corrected chi connectivity index (χ2v) is 6.22. The molecule has 2 aromatic carbocycles. The number of hydrogen-bond acceptors (Lipinski definition) is 5. The molecule has 1 aliphatic heterocycles. The number of tetrazole rings is 1. The third-order valence-corrected chi connectivity index (χ3v) is 4.67. The quantitative estimate of drug-likeness (QED) is 0.682. The van der Waals surface area contributed by atoms with Gasteiger partial charge in [-0.05, 0) is 36.2 Å². The van der Waals surface area contributed by atoms with Crippen molar-refractivity contribution in [3.05, 3.63) is 53.9 Å². The van der Waals surface area contributed by atoms with Gasteiger partial charge in [-0.1, -0.05) is 47.7 Å². The summed E-state index contributed by atoms with van der Waals surface area (Å²) in [5, 5.41) is 24.5. The summed E-state index contributed by atoms with van der Waals surface area (Å²) >= 11 is 0. The number of nitrogens with zero attached hydrogens (tertiary/aromatic N) is 3. The second kappa shape index (κ2) is 5.72. The van der Waals surface area contributed by atoms with Crippen LogP contribution >= 0.6 is 0 Å². The zero-order valence-corrected chi connectivity index (χ0v) is 13.1. The van der Waals surface area contributed by atoms with E-state index in [0.717, 1.165) is 19.5 Å². The second-order valence-electron chi connectivity index (χ2n) is 6.22. The highest BCUT2D eigenvalue weighted by Crippen LogP contribution is 2.33. The lowest BCUT2D eigenvalue weighted by Crippen LogP contribution is -2.48. The van der Waals surface area contributed by atoms with E-state index in [2.05, 4.69) is 80.6 Å². The Balaban J connectivity index is 1.86. The first kappa shape index (κ1) is 14.3. The van der Waals surface area contributed by atoms with Crippen molar-refractivity contribution >= 4 is 10.8 Å². The molecule has 3 N–H and O–H groups in total. The van der Waals surface area contributed by atoms with Crippen molar-refractivity contribution < 1.29 is 0 Å². The van der Waals surface area contributed by atoms with Crippen molar-refractivity contribution in [2.24, 2.45) is 0 Å². The van der Waals surface area contributed by atoms with Gasteiger partial charge in [0, 0.05) is 12.6 Å². The van der Waals surface area contributed by atoms with Crippen molar-refractivity contribution in [1.82, 2.24) is 31.3 Å². The Morgan fingerprint density at radius 2 is 2.04 bits per heavy atom. The van der Waals surface area contributed by atoms with Crippen LogP contribution in [0.15, 0.2) is 42.5 Å². The van der Waals surface area contributed by atoms with Crippen LogP contribution in [0.2, 0.25) is 0 Å². The summed E-state index contributed by atoms with van der Waals surface area (Å²) in [4.78, 5) is 0. The number of hydrogen-bond donors (Lipinski definition) is 3. The molecule has 1 saturated heterocycles. The maximum Gasteiger partial charge on any atom is 0.198 e.